The van der Waals surface area contributed by atoms with Crippen molar-refractivity contribution in [2.24, 2.45) is 0 Å². The number of benzene rings is 3. The molecule has 0 aliphatic rings. The first-order chi connectivity index (χ1) is 19.3. The van der Waals surface area contributed by atoms with Crippen LogP contribution in [0.4, 0.5) is 8.78 Å². The van der Waals surface area contributed by atoms with Gasteiger partial charge in [0.2, 0.25) is 0 Å². The highest BCUT2D eigenvalue weighted by atomic mass is 19.1. The summed E-state index contributed by atoms with van der Waals surface area (Å²) in [5.74, 6) is -0.613. The first kappa shape index (κ1) is 26.9. The van der Waals surface area contributed by atoms with Crippen molar-refractivity contribution >= 4 is 16.9 Å². The molecule has 0 spiro atoms. The van der Waals surface area contributed by atoms with Gasteiger partial charge in [-0.2, -0.15) is 0 Å². The van der Waals surface area contributed by atoms with Gasteiger partial charge in [-0.05, 0) is 73.4 Å². The summed E-state index contributed by atoms with van der Waals surface area (Å²) in [6.45, 7) is 2.01. The van der Waals surface area contributed by atoms with E-state index in [-0.39, 0.29) is 23.7 Å². The summed E-state index contributed by atoms with van der Waals surface area (Å²) >= 11 is 0. The van der Waals surface area contributed by atoms with E-state index < -0.39 is 11.8 Å². The zero-order valence-corrected chi connectivity index (χ0v) is 21.8. The number of unbranched alkanes of at least 4 members (excludes halogenated alkanes) is 1. The second kappa shape index (κ2) is 11.6. The summed E-state index contributed by atoms with van der Waals surface area (Å²) in [5, 5.41) is 13.6. The molecule has 204 valence electrons. The van der Waals surface area contributed by atoms with Gasteiger partial charge in [-0.15, -0.1) is 0 Å². The van der Waals surface area contributed by atoms with Gasteiger partial charge in [0.25, 0.3) is 5.56 Å². The lowest BCUT2D eigenvalue weighted by molar-refractivity contribution is -0.137. The number of carboxylic acid groups (broad SMARTS) is 1. The van der Waals surface area contributed by atoms with Gasteiger partial charge < -0.3 is 9.63 Å². The zero-order valence-electron chi connectivity index (χ0n) is 21.8. The maximum Gasteiger partial charge on any atom is 0.303 e. The van der Waals surface area contributed by atoms with Crippen molar-refractivity contribution in [3.8, 4) is 16.9 Å². The van der Waals surface area contributed by atoms with E-state index in [1.165, 1.54) is 41.0 Å². The van der Waals surface area contributed by atoms with Crippen LogP contribution in [0.3, 0.4) is 0 Å². The van der Waals surface area contributed by atoms with E-state index in [1.54, 1.807) is 30.3 Å². The molecule has 0 aliphatic carbocycles. The van der Waals surface area contributed by atoms with E-state index in [0.717, 1.165) is 12.0 Å². The summed E-state index contributed by atoms with van der Waals surface area (Å²) < 4.78 is 34.1. The Morgan fingerprint density at radius 2 is 1.68 bits per heavy atom. The van der Waals surface area contributed by atoms with Crippen molar-refractivity contribution in [1.29, 1.82) is 0 Å². The number of carbonyl (C=O) groups is 1. The fraction of sp³-hybridized carbons (Fsp3) is 0.226. The van der Waals surface area contributed by atoms with Gasteiger partial charge in [-0.3, -0.25) is 14.2 Å². The molecule has 5 rings (SSSR count). The average Bonchev–Trinajstić information content (AvgIpc) is 3.43. The van der Waals surface area contributed by atoms with Gasteiger partial charge in [0, 0.05) is 30.4 Å². The summed E-state index contributed by atoms with van der Waals surface area (Å²) in [6.07, 6.45) is 2.06. The third-order valence-electron chi connectivity index (χ3n) is 6.91. The molecule has 0 saturated carbocycles. The summed E-state index contributed by atoms with van der Waals surface area (Å²) in [5.41, 5.74) is 2.83. The highest BCUT2D eigenvalue weighted by Crippen LogP contribution is 2.32. The maximum absolute atomic E-state index is 13.6. The zero-order chi connectivity index (χ0) is 28.2. The van der Waals surface area contributed by atoms with Crippen LogP contribution in [-0.2, 0) is 11.2 Å². The Bertz CT molecular complexity index is 1710. The number of hydrogen-bond acceptors (Lipinski definition) is 5. The highest BCUT2D eigenvalue weighted by Gasteiger charge is 2.20. The third kappa shape index (κ3) is 5.68. The van der Waals surface area contributed by atoms with Crippen LogP contribution in [0.2, 0.25) is 0 Å². The molecular formula is C31H27F2N3O4. The second-order valence-corrected chi connectivity index (χ2v) is 9.60. The Hall–Kier alpha value is -4.66. The van der Waals surface area contributed by atoms with Gasteiger partial charge in [0.1, 0.15) is 28.9 Å². The maximum atomic E-state index is 13.6. The normalized spacial score (nSPS) is 12.1. The van der Waals surface area contributed by atoms with Gasteiger partial charge in [0.05, 0.1) is 16.6 Å². The Kier molecular flexibility index (Phi) is 7.82. The minimum Gasteiger partial charge on any atom is -0.481 e. The van der Waals surface area contributed by atoms with Crippen molar-refractivity contribution < 1.29 is 23.2 Å². The average molecular weight is 544 g/mol. The Balaban J connectivity index is 1.52. The smallest absolute Gasteiger partial charge is 0.303 e. The lowest BCUT2D eigenvalue weighted by Crippen LogP contribution is -2.24. The molecule has 40 heavy (non-hydrogen) atoms. The van der Waals surface area contributed by atoms with Crippen LogP contribution in [0.25, 0.3) is 27.8 Å². The van der Waals surface area contributed by atoms with E-state index >= 15 is 0 Å². The Morgan fingerprint density at radius 3 is 2.35 bits per heavy atom. The number of carboxylic acids is 1. The van der Waals surface area contributed by atoms with Gasteiger partial charge in [-0.1, -0.05) is 30.3 Å². The van der Waals surface area contributed by atoms with Crippen molar-refractivity contribution in [2.45, 2.75) is 44.9 Å². The number of aromatic nitrogens is 3. The molecule has 0 aliphatic heterocycles. The lowest BCUT2D eigenvalue weighted by Gasteiger charge is -2.14. The SMILES string of the molecule is CC[C@@H](c1ccc(F)cc1)c1cc(-c2ccc3c(=O)n(-c4ccc(F)cc4)c(CCCCC(=O)O)nc3c2)no1. The van der Waals surface area contributed by atoms with Crippen LogP contribution >= 0.6 is 0 Å². The van der Waals surface area contributed by atoms with E-state index in [2.05, 4.69) is 5.16 Å². The van der Waals surface area contributed by atoms with Crippen molar-refractivity contribution in [2.75, 3.05) is 0 Å². The molecule has 0 unspecified atom stereocenters. The van der Waals surface area contributed by atoms with Crippen LogP contribution in [0.5, 0.6) is 0 Å². The second-order valence-electron chi connectivity index (χ2n) is 9.60. The number of fused-ring (bicyclic) bond motifs is 1. The standard InChI is InChI=1S/C31H27F2N3O4/c1-2-24(19-7-10-21(32)11-8-19)28-18-26(35-40-28)20-9-16-25-27(17-20)34-29(5-3-4-6-30(37)38)36(31(25)39)23-14-12-22(33)13-15-23/h7-18,24H,2-6H2,1H3,(H,37,38)/t24-/m0/s1. The molecule has 0 saturated heterocycles. The fourth-order valence-corrected chi connectivity index (χ4v) is 4.86. The van der Waals surface area contributed by atoms with Crippen LogP contribution in [-0.4, -0.2) is 25.8 Å². The number of aliphatic carboxylic acids is 1. The molecule has 2 aromatic heterocycles. The summed E-state index contributed by atoms with van der Waals surface area (Å²) in [4.78, 5) is 29.3. The molecule has 7 nitrogen and oxygen atoms in total. The number of halogens is 2. The molecule has 2 heterocycles. The number of hydrogen-bond donors (Lipinski definition) is 1. The van der Waals surface area contributed by atoms with Gasteiger partial charge in [0.15, 0.2) is 0 Å². The molecule has 3 aromatic carbocycles. The minimum absolute atomic E-state index is 0.0175. The van der Waals surface area contributed by atoms with Crippen LogP contribution in [0.1, 0.15) is 55.7 Å². The quantitative estimate of drug-likeness (QED) is 0.198. The molecular weight excluding hydrogens is 516 g/mol. The van der Waals surface area contributed by atoms with E-state index in [0.29, 0.717) is 58.7 Å². The molecule has 9 heteroatoms. The number of nitrogens with zero attached hydrogens (tertiary/aromatic N) is 3. The Labute approximate surface area is 228 Å². The first-order valence-electron chi connectivity index (χ1n) is 13.1. The monoisotopic (exact) mass is 543 g/mol. The van der Waals surface area contributed by atoms with E-state index in [9.17, 15) is 18.4 Å². The van der Waals surface area contributed by atoms with Crippen molar-refractivity contribution in [1.82, 2.24) is 14.7 Å². The molecule has 5 aromatic rings. The Morgan fingerprint density at radius 1 is 0.975 bits per heavy atom. The highest BCUT2D eigenvalue weighted by molar-refractivity contribution is 5.83. The molecule has 1 N–H and O–H groups in total. The number of aryl methyl sites for hydroxylation is 1. The molecule has 1 atom stereocenters. The van der Waals surface area contributed by atoms with Crippen molar-refractivity contribution in [3.05, 3.63) is 112 Å². The molecule has 0 fully saturated rings. The molecule has 0 amide bonds. The summed E-state index contributed by atoms with van der Waals surface area (Å²) in [7, 11) is 0. The topological polar surface area (TPSA) is 98.2 Å². The fourth-order valence-electron chi connectivity index (χ4n) is 4.86. The van der Waals surface area contributed by atoms with E-state index in [4.69, 9.17) is 14.6 Å². The van der Waals surface area contributed by atoms with Crippen LogP contribution in [0.15, 0.2) is 82.1 Å². The van der Waals surface area contributed by atoms with Crippen molar-refractivity contribution in [3.63, 3.8) is 0 Å². The predicted molar refractivity (Wildman–Crippen MR) is 147 cm³/mol. The summed E-state index contributed by atoms with van der Waals surface area (Å²) in [6, 6.07) is 19.0. The van der Waals surface area contributed by atoms with Crippen LogP contribution < -0.4 is 5.56 Å². The lowest BCUT2D eigenvalue weighted by atomic mass is 9.93. The predicted octanol–water partition coefficient (Wildman–Crippen LogP) is 6.66. The third-order valence-corrected chi connectivity index (χ3v) is 6.91. The number of rotatable bonds is 10. The van der Waals surface area contributed by atoms with Crippen LogP contribution in [0, 0.1) is 11.6 Å². The largest absolute Gasteiger partial charge is 0.481 e. The first-order valence-corrected chi connectivity index (χ1v) is 13.1. The molecule has 0 bridgehead atoms. The van der Waals surface area contributed by atoms with Gasteiger partial charge >= 0.3 is 5.97 Å². The van der Waals surface area contributed by atoms with Gasteiger partial charge in [-0.25, -0.2) is 13.8 Å². The van der Waals surface area contributed by atoms with E-state index in [1.807, 2.05) is 13.0 Å². The minimum atomic E-state index is -0.885. The molecule has 0 radical (unpaired) electrons.